The highest BCUT2D eigenvalue weighted by atomic mass is 16.2. The quantitative estimate of drug-likeness (QED) is 0.0780. The molecule has 0 aliphatic carbocycles. The zero-order valence-electron chi connectivity index (χ0n) is 26.1. The van der Waals surface area contributed by atoms with E-state index in [2.05, 4.69) is 12.2 Å². The number of rotatable bonds is 28. The van der Waals surface area contributed by atoms with Gasteiger partial charge in [-0.1, -0.05) is 129 Å². The Morgan fingerprint density at radius 1 is 0.512 bits per heavy atom. The first-order chi connectivity index (χ1) is 19.9. The number of nitrogens with two attached hydrogens (primary N) is 3. The van der Waals surface area contributed by atoms with Gasteiger partial charge in [-0.05, 0) is 50.0 Å². The monoisotopic (exact) mass is 572 g/mol. The van der Waals surface area contributed by atoms with E-state index in [0.717, 1.165) is 25.9 Å². The summed E-state index contributed by atoms with van der Waals surface area (Å²) in [6.07, 6.45) is 28.8. The maximum atomic E-state index is 11.9. The molecule has 0 spiro atoms. The maximum Gasteiger partial charge on any atom is 0.249 e. The number of benzene rings is 1. The van der Waals surface area contributed by atoms with E-state index in [-0.39, 0.29) is 16.7 Å². The molecule has 0 aliphatic rings. The van der Waals surface area contributed by atoms with Crippen LogP contribution in [0.25, 0.3) is 0 Å². The molecule has 0 saturated carbocycles. The molecule has 1 rings (SSSR count). The molecule has 0 heterocycles. The van der Waals surface area contributed by atoms with Crippen LogP contribution in [0.1, 0.15) is 178 Å². The zero-order valence-corrected chi connectivity index (χ0v) is 26.1. The highest BCUT2D eigenvalue weighted by Gasteiger charge is 2.19. The lowest BCUT2D eigenvalue weighted by Crippen LogP contribution is -2.24. The van der Waals surface area contributed by atoms with E-state index in [1.165, 1.54) is 134 Å². The molecule has 0 atom stereocenters. The van der Waals surface area contributed by atoms with Crippen LogP contribution < -0.4 is 22.5 Å². The molecule has 3 amide bonds. The van der Waals surface area contributed by atoms with Crippen molar-refractivity contribution in [2.75, 3.05) is 13.1 Å². The van der Waals surface area contributed by atoms with Crippen molar-refractivity contribution in [1.82, 2.24) is 5.32 Å². The van der Waals surface area contributed by atoms with Crippen molar-refractivity contribution in [2.45, 2.75) is 148 Å². The lowest BCUT2D eigenvalue weighted by atomic mass is 9.93. The van der Waals surface area contributed by atoms with Crippen molar-refractivity contribution < 1.29 is 14.4 Å². The molecule has 0 radical (unpaired) electrons. The third-order valence-electron chi connectivity index (χ3n) is 8.05. The molecule has 0 fully saturated rings. The van der Waals surface area contributed by atoms with Crippen LogP contribution in [0, 0.1) is 0 Å². The highest BCUT2D eigenvalue weighted by Crippen LogP contribution is 2.20. The molecule has 1 aromatic rings. The molecule has 41 heavy (non-hydrogen) atoms. The lowest BCUT2D eigenvalue weighted by molar-refractivity contribution is 0.0998. The van der Waals surface area contributed by atoms with E-state index >= 15 is 0 Å². The molecule has 7 N–H and O–H groups in total. The Morgan fingerprint density at radius 3 is 1.20 bits per heavy atom. The van der Waals surface area contributed by atoms with Crippen LogP contribution in [0.4, 0.5) is 0 Å². The van der Waals surface area contributed by atoms with Gasteiger partial charge in [0.1, 0.15) is 0 Å². The van der Waals surface area contributed by atoms with Gasteiger partial charge in [-0.15, -0.1) is 0 Å². The Hall–Kier alpha value is -2.41. The standard InChI is InChI=1S/C34H60N4O3/c1-2-3-4-5-6-7-8-9-10-11-12-13-14-15-16-17-18-19-20-21-24-38-25-22-23-29-30(33(36)40)26-28(32(35)39)27-31(29)34(37)41/h26-27,38H,2-25H2,1H3,(H2,35,39)(H2,36,40)(H2,37,41). The number of amides is 3. The summed E-state index contributed by atoms with van der Waals surface area (Å²) in [5, 5.41) is 3.43. The summed E-state index contributed by atoms with van der Waals surface area (Å²) in [6.45, 7) is 3.99. The summed E-state index contributed by atoms with van der Waals surface area (Å²) in [5.41, 5.74) is 17.1. The number of carbonyl (C=O) groups is 3. The van der Waals surface area contributed by atoms with Crippen LogP contribution in [-0.2, 0) is 6.42 Å². The van der Waals surface area contributed by atoms with Crippen molar-refractivity contribution in [1.29, 1.82) is 0 Å². The van der Waals surface area contributed by atoms with Crippen LogP contribution in [0.15, 0.2) is 12.1 Å². The van der Waals surface area contributed by atoms with E-state index in [9.17, 15) is 14.4 Å². The normalized spacial score (nSPS) is 11.1. The number of primary amides is 3. The molecule has 0 saturated heterocycles. The van der Waals surface area contributed by atoms with Gasteiger partial charge < -0.3 is 22.5 Å². The minimum Gasteiger partial charge on any atom is -0.366 e. The number of unbranched alkanes of at least 4 members (excludes halogenated alkanes) is 19. The predicted octanol–water partition coefficient (Wildman–Crippen LogP) is 7.33. The Bertz CT molecular complexity index is 837. The number of hydrogen-bond acceptors (Lipinski definition) is 4. The number of nitrogens with one attached hydrogen (secondary N) is 1. The topological polar surface area (TPSA) is 141 Å². The molecule has 0 aliphatic heterocycles. The largest absolute Gasteiger partial charge is 0.366 e. The lowest BCUT2D eigenvalue weighted by Gasteiger charge is -2.13. The van der Waals surface area contributed by atoms with Crippen LogP contribution in [0.5, 0.6) is 0 Å². The molecular formula is C34H60N4O3. The third-order valence-corrected chi connectivity index (χ3v) is 8.05. The van der Waals surface area contributed by atoms with Gasteiger partial charge in [0.05, 0.1) is 0 Å². The molecule has 7 nitrogen and oxygen atoms in total. The van der Waals surface area contributed by atoms with Gasteiger partial charge in [-0.2, -0.15) is 0 Å². The van der Waals surface area contributed by atoms with Gasteiger partial charge >= 0.3 is 0 Å². The van der Waals surface area contributed by atoms with E-state index in [0.29, 0.717) is 12.0 Å². The average Bonchev–Trinajstić information content (AvgIpc) is 2.94. The van der Waals surface area contributed by atoms with E-state index < -0.39 is 17.7 Å². The second-order valence-corrected chi connectivity index (χ2v) is 11.7. The summed E-state index contributed by atoms with van der Waals surface area (Å²) in [4.78, 5) is 35.4. The third kappa shape index (κ3) is 17.9. The first-order valence-electron chi connectivity index (χ1n) is 16.7. The molecule has 1 aromatic carbocycles. The molecular weight excluding hydrogens is 512 g/mol. The molecule has 234 valence electrons. The van der Waals surface area contributed by atoms with Gasteiger partial charge in [-0.25, -0.2) is 0 Å². The van der Waals surface area contributed by atoms with Crippen molar-refractivity contribution in [2.24, 2.45) is 17.2 Å². The van der Waals surface area contributed by atoms with E-state index in [1.807, 2.05) is 0 Å². The van der Waals surface area contributed by atoms with Gasteiger partial charge in [0.2, 0.25) is 17.7 Å². The SMILES string of the molecule is CCCCCCCCCCCCCCCCCCCCCCNCCCc1c(C(N)=O)cc(C(N)=O)cc1C(N)=O. The van der Waals surface area contributed by atoms with Crippen molar-refractivity contribution in [3.63, 3.8) is 0 Å². The molecule has 7 heteroatoms. The molecule has 0 aromatic heterocycles. The summed E-state index contributed by atoms with van der Waals surface area (Å²) >= 11 is 0. The Morgan fingerprint density at radius 2 is 0.854 bits per heavy atom. The second kappa shape index (κ2) is 24.2. The summed E-state index contributed by atoms with van der Waals surface area (Å²) in [6, 6.07) is 2.69. The average molecular weight is 573 g/mol. The first kappa shape index (κ1) is 36.6. The molecule has 0 unspecified atom stereocenters. The maximum absolute atomic E-state index is 11.9. The minimum absolute atomic E-state index is 0.0501. The summed E-state index contributed by atoms with van der Waals surface area (Å²) in [7, 11) is 0. The van der Waals surface area contributed by atoms with Gasteiger partial charge in [0, 0.05) is 16.7 Å². The minimum atomic E-state index is -0.738. The van der Waals surface area contributed by atoms with Gasteiger partial charge in [0.25, 0.3) is 0 Å². The Labute approximate surface area is 250 Å². The number of hydrogen-bond donors (Lipinski definition) is 4. The first-order valence-corrected chi connectivity index (χ1v) is 16.7. The highest BCUT2D eigenvalue weighted by molar-refractivity contribution is 6.05. The smallest absolute Gasteiger partial charge is 0.249 e. The van der Waals surface area contributed by atoms with Crippen molar-refractivity contribution >= 4 is 17.7 Å². The fourth-order valence-corrected chi connectivity index (χ4v) is 5.54. The van der Waals surface area contributed by atoms with E-state index in [1.54, 1.807) is 0 Å². The van der Waals surface area contributed by atoms with Crippen LogP contribution >= 0.6 is 0 Å². The van der Waals surface area contributed by atoms with Crippen LogP contribution in [-0.4, -0.2) is 30.8 Å². The van der Waals surface area contributed by atoms with Gasteiger partial charge in [-0.3, -0.25) is 14.4 Å². The summed E-state index contributed by atoms with van der Waals surface area (Å²) in [5.74, 6) is -2.15. The van der Waals surface area contributed by atoms with Crippen molar-refractivity contribution in [3.05, 3.63) is 34.4 Å². The fourth-order valence-electron chi connectivity index (χ4n) is 5.54. The predicted molar refractivity (Wildman–Crippen MR) is 171 cm³/mol. The van der Waals surface area contributed by atoms with Crippen LogP contribution in [0.3, 0.4) is 0 Å². The Balaban J connectivity index is 1.97. The van der Waals surface area contributed by atoms with Gasteiger partial charge in [0.15, 0.2) is 0 Å². The fraction of sp³-hybridized carbons (Fsp3) is 0.735. The number of carbonyl (C=O) groups excluding carboxylic acids is 3. The summed E-state index contributed by atoms with van der Waals surface area (Å²) < 4.78 is 0. The second-order valence-electron chi connectivity index (χ2n) is 11.7. The zero-order chi connectivity index (χ0) is 30.1. The Kier molecular flexibility index (Phi) is 21.6. The van der Waals surface area contributed by atoms with Crippen molar-refractivity contribution in [3.8, 4) is 0 Å². The van der Waals surface area contributed by atoms with E-state index in [4.69, 9.17) is 17.2 Å². The molecule has 0 bridgehead atoms. The van der Waals surface area contributed by atoms with Crippen LogP contribution in [0.2, 0.25) is 0 Å².